The average Bonchev–Trinajstić information content (AvgIpc) is 3.26. The first kappa shape index (κ1) is 24.3. The van der Waals surface area contributed by atoms with Gasteiger partial charge in [0.15, 0.2) is 16.6 Å². The zero-order valence-electron chi connectivity index (χ0n) is 17.9. The number of alkyl halides is 3. The number of hydrogen-bond acceptors (Lipinski definition) is 8. The minimum Gasteiger partial charge on any atom is -0.455 e. The Kier molecular flexibility index (Phi) is 8.38. The lowest BCUT2D eigenvalue weighted by molar-refractivity contribution is -0.141. The number of nitrogens with one attached hydrogen (secondary N) is 1. The molecule has 1 aliphatic rings. The van der Waals surface area contributed by atoms with Crippen LogP contribution in [0.3, 0.4) is 0 Å². The number of aromatic nitrogens is 2. The number of furan rings is 1. The maximum Gasteiger partial charge on any atom is 0.433 e. The molecular formula is C20H26F3N5O3S. The van der Waals surface area contributed by atoms with Crippen molar-refractivity contribution in [1.29, 1.82) is 0 Å². The van der Waals surface area contributed by atoms with E-state index in [0.717, 1.165) is 37.5 Å². The SMILES string of the molecule is CCN1CCN(c2cc(C(F)(F)F)nc(SCc3ccc(C(=O)NCCOC)o3)n2)CC1. The fourth-order valence-corrected chi connectivity index (χ4v) is 3.89. The molecule has 1 aliphatic heterocycles. The quantitative estimate of drug-likeness (QED) is 0.338. The molecule has 0 saturated carbocycles. The normalized spacial score (nSPS) is 15.2. The Balaban J connectivity index is 1.69. The number of carbonyl (C=O) groups is 1. The number of nitrogens with zero attached hydrogens (tertiary/aromatic N) is 4. The van der Waals surface area contributed by atoms with Gasteiger partial charge in [0.25, 0.3) is 5.91 Å². The van der Waals surface area contributed by atoms with Crippen molar-refractivity contribution in [3.05, 3.63) is 35.4 Å². The molecule has 0 radical (unpaired) electrons. The molecule has 3 heterocycles. The molecule has 176 valence electrons. The Bertz CT molecular complexity index is 901. The third-order valence-corrected chi connectivity index (χ3v) is 5.82. The standard InChI is InChI=1S/C20H26F3N5O3S/c1-3-27-7-9-28(10-8-27)17-12-16(20(21,22)23)25-19(26-17)32-13-14-4-5-15(31-14)18(29)24-6-11-30-2/h4-5,12H,3,6-11,13H2,1-2H3,(H,24,29). The van der Waals surface area contributed by atoms with Gasteiger partial charge < -0.3 is 24.3 Å². The molecule has 0 unspecified atom stereocenters. The van der Waals surface area contributed by atoms with Crippen molar-refractivity contribution in [2.24, 2.45) is 0 Å². The van der Waals surface area contributed by atoms with Gasteiger partial charge in [-0.05, 0) is 18.7 Å². The van der Waals surface area contributed by atoms with E-state index in [1.807, 2.05) is 4.90 Å². The second-order valence-corrected chi connectivity index (χ2v) is 8.06. The van der Waals surface area contributed by atoms with Gasteiger partial charge >= 0.3 is 6.18 Å². The summed E-state index contributed by atoms with van der Waals surface area (Å²) in [6.07, 6.45) is -4.57. The summed E-state index contributed by atoms with van der Waals surface area (Å²) in [5.41, 5.74) is -0.972. The minimum atomic E-state index is -4.57. The predicted octanol–water partition coefficient (Wildman–Crippen LogP) is 2.90. The molecule has 0 atom stereocenters. The maximum absolute atomic E-state index is 13.4. The van der Waals surface area contributed by atoms with Crippen LogP contribution >= 0.6 is 11.8 Å². The monoisotopic (exact) mass is 473 g/mol. The van der Waals surface area contributed by atoms with Gasteiger partial charge in [-0.25, -0.2) is 9.97 Å². The zero-order chi connectivity index (χ0) is 23.1. The number of halogens is 3. The lowest BCUT2D eigenvalue weighted by atomic mass is 10.3. The molecule has 1 N–H and O–H groups in total. The Morgan fingerprint density at radius 1 is 1.25 bits per heavy atom. The van der Waals surface area contributed by atoms with Crippen molar-refractivity contribution in [3.63, 3.8) is 0 Å². The number of hydrogen-bond donors (Lipinski definition) is 1. The van der Waals surface area contributed by atoms with E-state index < -0.39 is 11.9 Å². The lowest BCUT2D eigenvalue weighted by Gasteiger charge is -2.35. The molecule has 1 saturated heterocycles. The average molecular weight is 474 g/mol. The van der Waals surface area contributed by atoms with Crippen LogP contribution in [0.25, 0.3) is 0 Å². The van der Waals surface area contributed by atoms with Crippen molar-refractivity contribution in [3.8, 4) is 0 Å². The first-order valence-corrected chi connectivity index (χ1v) is 11.2. The van der Waals surface area contributed by atoms with Crippen LogP contribution in [0.5, 0.6) is 0 Å². The number of amides is 1. The fraction of sp³-hybridized carbons (Fsp3) is 0.550. The highest BCUT2D eigenvalue weighted by molar-refractivity contribution is 7.98. The number of rotatable bonds is 9. The highest BCUT2D eigenvalue weighted by Gasteiger charge is 2.34. The van der Waals surface area contributed by atoms with Crippen LogP contribution in [0.4, 0.5) is 19.0 Å². The van der Waals surface area contributed by atoms with E-state index in [-0.39, 0.29) is 28.4 Å². The largest absolute Gasteiger partial charge is 0.455 e. The number of methoxy groups -OCH3 is 1. The van der Waals surface area contributed by atoms with Crippen molar-refractivity contribution >= 4 is 23.5 Å². The van der Waals surface area contributed by atoms with Crippen molar-refractivity contribution in [1.82, 2.24) is 20.2 Å². The summed E-state index contributed by atoms with van der Waals surface area (Å²) in [6, 6.07) is 4.13. The second kappa shape index (κ2) is 11.0. The van der Waals surface area contributed by atoms with Crippen molar-refractivity contribution in [2.45, 2.75) is 24.0 Å². The number of likely N-dealkylation sites (N-methyl/N-ethyl adjacent to an activating group) is 1. The van der Waals surface area contributed by atoms with E-state index in [1.54, 1.807) is 6.07 Å². The fourth-order valence-electron chi connectivity index (χ4n) is 3.14. The van der Waals surface area contributed by atoms with Gasteiger partial charge in [0.05, 0.1) is 12.4 Å². The summed E-state index contributed by atoms with van der Waals surface area (Å²) >= 11 is 1.03. The second-order valence-electron chi connectivity index (χ2n) is 7.12. The first-order valence-electron chi connectivity index (χ1n) is 10.2. The van der Waals surface area contributed by atoms with Crippen LogP contribution in [-0.4, -0.2) is 73.8 Å². The predicted molar refractivity (Wildman–Crippen MR) is 114 cm³/mol. The molecule has 32 heavy (non-hydrogen) atoms. The Morgan fingerprint density at radius 2 is 2.00 bits per heavy atom. The summed E-state index contributed by atoms with van der Waals surface area (Å²) in [5.74, 6) is 0.628. The summed E-state index contributed by atoms with van der Waals surface area (Å²) in [5, 5.41) is 2.65. The van der Waals surface area contributed by atoms with Crippen molar-refractivity contribution in [2.75, 3.05) is 57.9 Å². The number of anilines is 1. The van der Waals surface area contributed by atoms with Gasteiger partial charge in [0, 0.05) is 45.9 Å². The molecule has 12 heteroatoms. The molecule has 0 spiro atoms. The van der Waals surface area contributed by atoms with Crippen LogP contribution in [-0.2, 0) is 16.7 Å². The van der Waals surface area contributed by atoms with E-state index >= 15 is 0 Å². The Labute approximate surface area is 188 Å². The maximum atomic E-state index is 13.4. The summed E-state index contributed by atoms with van der Waals surface area (Å²) in [7, 11) is 1.53. The highest BCUT2D eigenvalue weighted by atomic mass is 32.2. The van der Waals surface area contributed by atoms with Gasteiger partial charge in [-0.3, -0.25) is 4.79 Å². The van der Waals surface area contributed by atoms with E-state index in [9.17, 15) is 18.0 Å². The van der Waals surface area contributed by atoms with E-state index in [4.69, 9.17) is 9.15 Å². The van der Waals surface area contributed by atoms with E-state index in [0.29, 0.717) is 32.0 Å². The van der Waals surface area contributed by atoms with Crippen molar-refractivity contribution < 1.29 is 27.1 Å². The molecule has 1 fully saturated rings. The molecule has 2 aromatic heterocycles. The number of thioether (sulfide) groups is 1. The summed E-state index contributed by atoms with van der Waals surface area (Å²) in [6.45, 7) is 6.42. The molecule has 2 aromatic rings. The smallest absolute Gasteiger partial charge is 0.433 e. The number of ether oxygens (including phenoxy) is 1. The van der Waals surface area contributed by atoms with E-state index in [1.165, 1.54) is 13.2 Å². The highest BCUT2D eigenvalue weighted by Crippen LogP contribution is 2.32. The molecule has 3 rings (SSSR count). The first-order chi connectivity index (χ1) is 15.3. The van der Waals surface area contributed by atoms with Crippen LogP contribution in [0.15, 0.2) is 27.8 Å². The molecule has 1 amide bonds. The lowest BCUT2D eigenvalue weighted by Crippen LogP contribution is -2.46. The Morgan fingerprint density at radius 3 is 2.66 bits per heavy atom. The van der Waals surface area contributed by atoms with Crippen LogP contribution in [0.2, 0.25) is 0 Å². The third-order valence-electron chi connectivity index (χ3n) is 4.95. The number of carbonyl (C=O) groups excluding carboxylic acids is 1. The van der Waals surface area contributed by atoms with Gasteiger partial charge in [0.2, 0.25) is 0 Å². The minimum absolute atomic E-state index is 0.00948. The van der Waals surface area contributed by atoms with Crippen LogP contribution in [0, 0.1) is 0 Å². The summed E-state index contributed by atoms with van der Waals surface area (Å²) < 4.78 is 50.6. The van der Waals surface area contributed by atoms with Crippen LogP contribution in [0.1, 0.15) is 28.9 Å². The molecule has 0 bridgehead atoms. The summed E-state index contributed by atoms with van der Waals surface area (Å²) in [4.78, 5) is 24.1. The van der Waals surface area contributed by atoms with Crippen LogP contribution < -0.4 is 10.2 Å². The topological polar surface area (TPSA) is 83.7 Å². The van der Waals surface area contributed by atoms with Gasteiger partial charge in [-0.2, -0.15) is 13.2 Å². The third kappa shape index (κ3) is 6.59. The molecule has 0 aromatic carbocycles. The molecule has 0 aliphatic carbocycles. The molecule has 8 nitrogen and oxygen atoms in total. The zero-order valence-corrected chi connectivity index (χ0v) is 18.8. The van der Waals surface area contributed by atoms with E-state index in [2.05, 4.69) is 27.1 Å². The van der Waals surface area contributed by atoms with Gasteiger partial charge in [-0.1, -0.05) is 18.7 Å². The van der Waals surface area contributed by atoms with Gasteiger partial charge in [0.1, 0.15) is 11.6 Å². The van der Waals surface area contributed by atoms with Gasteiger partial charge in [-0.15, -0.1) is 0 Å². The Hall–Kier alpha value is -2.31. The molecular weight excluding hydrogens is 447 g/mol. The number of piperazine rings is 1.